The van der Waals surface area contributed by atoms with Crippen molar-refractivity contribution in [2.45, 2.75) is 44.6 Å². The fourth-order valence-corrected chi connectivity index (χ4v) is 2.17. The van der Waals surface area contributed by atoms with Gasteiger partial charge in [0.15, 0.2) is 11.5 Å². The van der Waals surface area contributed by atoms with Crippen LogP contribution in [0.5, 0.6) is 17.2 Å². The average Bonchev–Trinajstić information content (AvgIpc) is 3.17. The van der Waals surface area contributed by atoms with Crippen molar-refractivity contribution < 1.29 is 31.8 Å². The molecule has 3 nitrogen and oxygen atoms in total. The highest BCUT2D eigenvalue weighted by atomic mass is 19.4. The van der Waals surface area contributed by atoms with Gasteiger partial charge in [-0.15, -0.1) is 13.2 Å². The second-order valence-electron chi connectivity index (χ2n) is 5.68. The van der Waals surface area contributed by atoms with Crippen LogP contribution in [0, 0.1) is 11.7 Å². The summed E-state index contributed by atoms with van der Waals surface area (Å²) in [5.41, 5.74) is 0. The molecule has 0 aliphatic heterocycles. The Balaban J connectivity index is 1.80. The van der Waals surface area contributed by atoms with Gasteiger partial charge in [-0.25, -0.2) is 0 Å². The minimum atomic E-state index is -4.99. The topological polar surface area (TPSA) is 27.7 Å². The smallest absolute Gasteiger partial charge is 0.489 e. The number of halogens is 4. The lowest BCUT2D eigenvalue weighted by Gasteiger charge is -2.26. The Morgan fingerprint density at radius 1 is 1.05 bits per heavy atom. The first-order valence-electron chi connectivity index (χ1n) is 7.30. The molecule has 22 heavy (non-hydrogen) atoms. The highest BCUT2D eigenvalue weighted by molar-refractivity contribution is 5.47. The van der Waals surface area contributed by atoms with Gasteiger partial charge in [0.05, 0.1) is 12.7 Å². The van der Waals surface area contributed by atoms with Crippen molar-refractivity contribution in [1.29, 1.82) is 0 Å². The van der Waals surface area contributed by atoms with Crippen molar-refractivity contribution in [3.8, 4) is 17.2 Å². The first-order valence-corrected chi connectivity index (χ1v) is 7.30. The maximum Gasteiger partial charge on any atom is 0.573 e. The van der Waals surface area contributed by atoms with Crippen LogP contribution in [0.25, 0.3) is 0 Å². The first kappa shape index (κ1) is 15.2. The van der Waals surface area contributed by atoms with Crippen LogP contribution < -0.4 is 14.2 Å². The summed E-state index contributed by atoms with van der Waals surface area (Å²) in [6.45, 7) is 0.260. The summed E-state index contributed by atoms with van der Waals surface area (Å²) in [7, 11) is 0. The zero-order chi connectivity index (χ0) is 15.7. The van der Waals surface area contributed by atoms with Crippen molar-refractivity contribution in [1.82, 2.24) is 0 Å². The molecule has 0 spiro atoms. The number of hydrogen-bond donors (Lipinski definition) is 0. The largest absolute Gasteiger partial charge is 0.573 e. The second kappa shape index (κ2) is 5.85. The van der Waals surface area contributed by atoms with Gasteiger partial charge < -0.3 is 14.2 Å². The summed E-state index contributed by atoms with van der Waals surface area (Å²) < 4.78 is 66.1. The molecule has 2 fully saturated rings. The van der Waals surface area contributed by atoms with Crippen molar-refractivity contribution in [2.75, 3.05) is 6.61 Å². The van der Waals surface area contributed by atoms with Crippen molar-refractivity contribution in [3.05, 3.63) is 17.9 Å². The van der Waals surface area contributed by atoms with E-state index >= 15 is 0 Å². The molecule has 1 aromatic carbocycles. The molecule has 0 atom stereocenters. The fourth-order valence-electron chi connectivity index (χ4n) is 2.17. The highest BCUT2D eigenvalue weighted by Gasteiger charge is 2.36. The number of ether oxygens (including phenoxy) is 3. The molecule has 0 radical (unpaired) electrons. The second-order valence-corrected chi connectivity index (χ2v) is 5.68. The lowest BCUT2D eigenvalue weighted by atomic mass is 9.86. The van der Waals surface area contributed by atoms with Crippen LogP contribution in [0.15, 0.2) is 12.1 Å². The highest BCUT2D eigenvalue weighted by Crippen LogP contribution is 2.41. The summed E-state index contributed by atoms with van der Waals surface area (Å²) in [4.78, 5) is 0. The molecule has 2 aliphatic rings. The summed E-state index contributed by atoms with van der Waals surface area (Å²) >= 11 is 0. The molecule has 0 saturated heterocycles. The van der Waals surface area contributed by atoms with Crippen LogP contribution >= 0.6 is 0 Å². The number of hydrogen-bond acceptors (Lipinski definition) is 3. The van der Waals surface area contributed by atoms with Crippen molar-refractivity contribution >= 4 is 0 Å². The summed E-state index contributed by atoms with van der Waals surface area (Å²) in [6, 6.07) is 2.55. The van der Waals surface area contributed by atoms with Gasteiger partial charge in [-0.3, -0.25) is 0 Å². The van der Waals surface area contributed by atoms with Gasteiger partial charge in [0.25, 0.3) is 0 Å². The van der Waals surface area contributed by atoms with E-state index in [1.165, 1.54) is 12.1 Å². The van der Waals surface area contributed by atoms with Gasteiger partial charge in [-0.05, 0) is 43.7 Å². The molecule has 2 aliphatic carbocycles. The SMILES string of the molecule is Fc1c(OC2CC2)ccc(OCC2CCC2)c1OC(F)(F)F. The van der Waals surface area contributed by atoms with Crippen LogP contribution in [-0.4, -0.2) is 19.1 Å². The van der Waals surface area contributed by atoms with Crippen LogP contribution in [0.3, 0.4) is 0 Å². The van der Waals surface area contributed by atoms with Gasteiger partial charge in [-0.1, -0.05) is 6.42 Å². The van der Waals surface area contributed by atoms with Gasteiger partial charge in [0.1, 0.15) is 0 Å². The maximum atomic E-state index is 14.2. The first-order chi connectivity index (χ1) is 10.4. The molecule has 2 saturated carbocycles. The van der Waals surface area contributed by atoms with Gasteiger partial charge >= 0.3 is 6.36 Å². The Kier molecular flexibility index (Phi) is 4.06. The van der Waals surface area contributed by atoms with Crippen LogP contribution in [-0.2, 0) is 0 Å². The van der Waals surface area contributed by atoms with E-state index in [0.29, 0.717) is 5.92 Å². The van der Waals surface area contributed by atoms with E-state index in [0.717, 1.165) is 32.1 Å². The Labute approximate surface area is 125 Å². The van der Waals surface area contributed by atoms with Gasteiger partial charge in [0, 0.05) is 0 Å². The third-order valence-electron chi connectivity index (χ3n) is 3.76. The molecular formula is C15H16F4O3. The molecular weight excluding hydrogens is 304 g/mol. The number of benzene rings is 1. The molecule has 3 rings (SSSR count). The van der Waals surface area contributed by atoms with Crippen molar-refractivity contribution in [3.63, 3.8) is 0 Å². The predicted octanol–water partition coefficient (Wildman–Crippen LogP) is 4.44. The normalized spacial score (nSPS) is 18.7. The van der Waals surface area contributed by atoms with Crippen molar-refractivity contribution in [2.24, 2.45) is 5.92 Å². The average molecular weight is 320 g/mol. The number of alkyl halides is 3. The fraction of sp³-hybridized carbons (Fsp3) is 0.600. The maximum absolute atomic E-state index is 14.2. The van der Waals surface area contributed by atoms with Crippen LogP contribution in [0.4, 0.5) is 17.6 Å². The molecule has 0 N–H and O–H groups in total. The van der Waals surface area contributed by atoms with E-state index in [2.05, 4.69) is 4.74 Å². The Morgan fingerprint density at radius 2 is 1.73 bits per heavy atom. The molecule has 122 valence electrons. The van der Waals surface area contributed by atoms with E-state index in [9.17, 15) is 17.6 Å². The molecule has 0 amide bonds. The zero-order valence-electron chi connectivity index (χ0n) is 11.8. The molecule has 0 bridgehead atoms. The Morgan fingerprint density at radius 3 is 2.27 bits per heavy atom. The molecule has 7 heteroatoms. The van der Waals surface area contributed by atoms with Gasteiger partial charge in [0.2, 0.25) is 11.6 Å². The summed E-state index contributed by atoms with van der Waals surface area (Å²) in [6.07, 6.45) is -0.545. The standard InChI is InChI=1S/C15H16F4O3/c16-13-11(21-10-4-5-10)6-7-12(14(13)22-15(17,18)19)20-8-9-2-1-3-9/h6-7,9-10H,1-5,8H2. The molecule has 0 aromatic heterocycles. The van der Waals surface area contributed by atoms with E-state index in [1.807, 2.05) is 0 Å². The van der Waals surface area contributed by atoms with Crippen LogP contribution in [0.1, 0.15) is 32.1 Å². The monoisotopic (exact) mass is 320 g/mol. The Bertz CT molecular complexity index is 536. The third-order valence-corrected chi connectivity index (χ3v) is 3.76. The third kappa shape index (κ3) is 3.75. The molecule has 1 aromatic rings. The quantitative estimate of drug-likeness (QED) is 0.725. The van der Waals surface area contributed by atoms with Crippen LogP contribution in [0.2, 0.25) is 0 Å². The lowest BCUT2D eigenvalue weighted by Crippen LogP contribution is -2.22. The van der Waals surface area contributed by atoms with Gasteiger partial charge in [-0.2, -0.15) is 4.39 Å². The van der Waals surface area contributed by atoms with E-state index in [1.54, 1.807) is 0 Å². The minimum Gasteiger partial charge on any atom is -0.489 e. The summed E-state index contributed by atoms with van der Waals surface area (Å²) in [5, 5.41) is 0. The number of rotatable bonds is 6. The predicted molar refractivity (Wildman–Crippen MR) is 69.6 cm³/mol. The zero-order valence-corrected chi connectivity index (χ0v) is 11.8. The Hall–Kier alpha value is -1.66. The molecule has 0 unspecified atom stereocenters. The van der Waals surface area contributed by atoms with E-state index < -0.39 is 17.9 Å². The summed E-state index contributed by atoms with van der Waals surface area (Å²) in [5.74, 6) is -2.30. The van der Waals surface area contributed by atoms with E-state index in [-0.39, 0.29) is 24.2 Å². The minimum absolute atomic E-state index is 0.130. The lowest BCUT2D eigenvalue weighted by molar-refractivity contribution is -0.276. The van der Waals surface area contributed by atoms with E-state index in [4.69, 9.17) is 9.47 Å². The molecule has 0 heterocycles.